The molecule has 0 saturated heterocycles. The SMILES string of the molecule is O=C(N[C@@H](C/C=C/c1ccccc1)C(=O)O)C1CCCCC1. The quantitative estimate of drug-likeness (QED) is 0.847. The first-order valence-electron chi connectivity index (χ1n) is 7.91. The first-order chi connectivity index (χ1) is 10.7. The van der Waals surface area contributed by atoms with Crippen LogP contribution in [0.15, 0.2) is 36.4 Å². The van der Waals surface area contributed by atoms with E-state index in [0.717, 1.165) is 31.2 Å². The fourth-order valence-electron chi connectivity index (χ4n) is 2.78. The summed E-state index contributed by atoms with van der Waals surface area (Å²) in [4.78, 5) is 23.5. The molecule has 0 radical (unpaired) electrons. The highest BCUT2D eigenvalue weighted by Crippen LogP contribution is 2.23. The third kappa shape index (κ3) is 5.02. The van der Waals surface area contributed by atoms with Gasteiger partial charge >= 0.3 is 5.97 Å². The average Bonchev–Trinajstić information content (AvgIpc) is 2.55. The normalized spacial score (nSPS) is 17.3. The maximum absolute atomic E-state index is 12.1. The highest BCUT2D eigenvalue weighted by atomic mass is 16.4. The Kier molecular flexibility index (Phi) is 6.19. The molecule has 0 spiro atoms. The van der Waals surface area contributed by atoms with E-state index >= 15 is 0 Å². The van der Waals surface area contributed by atoms with Crippen LogP contribution < -0.4 is 5.32 Å². The Labute approximate surface area is 131 Å². The van der Waals surface area contributed by atoms with Gasteiger partial charge in [0.15, 0.2) is 0 Å². The van der Waals surface area contributed by atoms with E-state index in [-0.39, 0.29) is 11.8 Å². The highest BCUT2D eigenvalue weighted by molar-refractivity contribution is 5.85. The van der Waals surface area contributed by atoms with E-state index in [0.29, 0.717) is 6.42 Å². The number of carboxylic acid groups (broad SMARTS) is 1. The van der Waals surface area contributed by atoms with Crippen molar-refractivity contribution in [1.29, 1.82) is 0 Å². The van der Waals surface area contributed by atoms with Gasteiger partial charge in [-0.05, 0) is 24.8 Å². The minimum Gasteiger partial charge on any atom is -0.480 e. The van der Waals surface area contributed by atoms with Crippen molar-refractivity contribution in [1.82, 2.24) is 5.32 Å². The zero-order chi connectivity index (χ0) is 15.8. The van der Waals surface area contributed by atoms with Gasteiger partial charge in [-0.2, -0.15) is 0 Å². The maximum Gasteiger partial charge on any atom is 0.326 e. The molecule has 1 amide bonds. The van der Waals surface area contributed by atoms with Crippen molar-refractivity contribution in [2.45, 2.75) is 44.6 Å². The third-order valence-corrected chi connectivity index (χ3v) is 4.07. The van der Waals surface area contributed by atoms with Gasteiger partial charge in [0.25, 0.3) is 0 Å². The monoisotopic (exact) mass is 301 g/mol. The topological polar surface area (TPSA) is 66.4 Å². The molecule has 1 aromatic carbocycles. The molecule has 1 aromatic rings. The number of amides is 1. The summed E-state index contributed by atoms with van der Waals surface area (Å²) in [6.07, 6.45) is 9.01. The number of hydrogen-bond donors (Lipinski definition) is 2. The van der Waals surface area contributed by atoms with Gasteiger partial charge in [0.05, 0.1) is 0 Å². The number of carboxylic acids is 1. The molecule has 0 aromatic heterocycles. The summed E-state index contributed by atoms with van der Waals surface area (Å²) in [6.45, 7) is 0. The number of aliphatic carboxylic acids is 1. The molecule has 4 heteroatoms. The highest BCUT2D eigenvalue weighted by Gasteiger charge is 2.25. The molecule has 0 unspecified atom stereocenters. The van der Waals surface area contributed by atoms with Crippen molar-refractivity contribution >= 4 is 18.0 Å². The number of hydrogen-bond acceptors (Lipinski definition) is 2. The van der Waals surface area contributed by atoms with Gasteiger partial charge in [-0.25, -0.2) is 4.79 Å². The predicted octanol–water partition coefficient (Wildman–Crippen LogP) is 3.24. The molecule has 0 heterocycles. The van der Waals surface area contributed by atoms with Crippen molar-refractivity contribution in [2.75, 3.05) is 0 Å². The van der Waals surface area contributed by atoms with E-state index in [1.807, 2.05) is 36.4 Å². The lowest BCUT2D eigenvalue weighted by Crippen LogP contribution is -2.43. The number of benzene rings is 1. The van der Waals surface area contributed by atoms with E-state index in [9.17, 15) is 14.7 Å². The van der Waals surface area contributed by atoms with Gasteiger partial charge in [0.2, 0.25) is 5.91 Å². The Balaban J connectivity index is 1.88. The molecular weight excluding hydrogens is 278 g/mol. The molecule has 2 N–H and O–H groups in total. The minimum atomic E-state index is -0.984. The molecule has 2 rings (SSSR count). The molecule has 0 aliphatic heterocycles. The Morgan fingerprint density at radius 3 is 2.50 bits per heavy atom. The first kappa shape index (κ1) is 16.3. The zero-order valence-electron chi connectivity index (χ0n) is 12.7. The van der Waals surface area contributed by atoms with Crippen LogP contribution >= 0.6 is 0 Å². The maximum atomic E-state index is 12.1. The summed E-state index contributed by atoms with van der Waals surface area (Å²) in [6, 6.07) is 8.84. The van der Waals surface area contributed by atoms with Gasteiger partial charge in [-0.1, -0.05) is 61.7 Å². The lowest BCUT2D eigenvalue weighted by Gasteiger charge is -2.22. The van der Waals surface area contributed by atoms with Crippen LogP contribution in [0.4, 0.5) is 0 Å². The minimum absolute atomic E-state index is 0.0197. The second kappa shape index (κ2) is 8.37. The van der Waals surface area contributed by atoms with E-state index in [2.05, 4.69) is 5.32 Å². The molecule has 0 bridgehead atoms. The molecular formula is C18H23NO3. The predicted molar refractivity (Wildman–Crippen MR) is 86.2 cm³/mol. The van der Waals surface area contributed by atoms with Crippen LogP contribution in [0.3, 0.4) is 0 Å². The molecule has 1 saturated carbocycles. The number of nitrogens with one attached hydrogen (secondary N) is 1. The van der Waals surface area contributed by atoms with E-state index in [1.54, 1.807) is 6.08 Å². The number of carbonyl (C=O) groups excluding carboxylic acids is 1. The lowest BCUT2D eigenvalue weighted by molar-refractivity contribution is -0.142. The smallest absolute Gasteiger partial charge is 0.326 e. The van der Waals surface area contributed by atoms with Crippen LogP contribution in [0.1, 0.15) is 44.1 Å². The van der Waals surface area contributed by atoms with Crippen LogP contribution in [-0.4, -0.2) is 23.0 Å². The number of rotatable bonds is 6. The van der Waals surface area contributed by atoms with E-state index in [1.165, 1.54) is 6.42 Å². The molecule has 22 heavy (non-hydrogen) atoms. The van der Waals surface area contributed by atoms with Gasteiger partial charge in [-0.15, -0.1) is 0 Å². The van der Waals surface area contributed by atoms with Crippen LogP contribution in [0.2, 0.25) is 0 Å². The Morgan fingerprint density at radius 1 is 1.18 bits per heavy atom. The molecule has 118 valence electrons. The van der Waals surface area contributed by atoms with Crippen LogP contribution in [0.25, 0.3) is 6.08 Å². The van der Waals surface area contributed by atoms with Gasteiger partial charge in [-0.3, -0.25) is 4.79 Å². The molecule has 1 aliphatic carbocycles. The van der Waals surface area contributed by atoms with Crippen molar-refractivity contribution in [3.63, 3.8) is 0 Å². The Bertz CT molecular complexity index is 518. The number of carbonyl (C=O) groups is 2. The van der Waals surface area contributed by atoms with Crippen LogP contribution in [0, 0.1) is 5.92 Å². The first-order valence-corrected chi connectivity index (χ1v) is 7.91. The molecule has 4 nitrogen and oxygen atoms in total. The largest absolute Gasteiger partial charge is 0.480 e. The van der Waals surface area contributed by atoms with Crippen LogP contribution in [-0.2, 0) is 9.59 Å². The summed E-state index contributed by atoms with van der Waals surface area (Å²) in [7, 11) is 0. The summed E-state index contributed by atoms with van der Waals surface area (Å²) in [5, 5.41) is 12.0. The van der Waals surface area contributed by atoms with E-state index < -0.39 is 12.0 Å². The van der Waals surface area contributed by atoms with Crippen molar-refractivity contribution in [3.8, 4) is 0 Å². The average molecular weight is 301 g/mol. The lowest BCUT2D eigenvalue weighted by atomic mass is 9.88. The summed E-state index contributed by atoms with van der Waals surface area (Å²) < 4.78 is 0. The molecule has 1 fully saturated rings. The fourth-order valence-corrected chi connectivity index (χ4v) is 2.78. The summed E-state index contributed by atoms with van der Waals surface area (Å²) in [5.41, 5.74) is 1.02. The van der Waals surface area contributed by atoms with Crippen molar-refractivity contribution in [3.05, 3.63) is 42.0 Å². The van der Waals surface area contributed by atoms with Gasteiger partial charge < -0.3 is 10.4 Å². The third-order valence-electron chi connectivity index (χ3n) is 4.07. The second-order valence-electron chi connectivity index (χ2n) is 5.78. The second-order valence-corrected chi connectivity index (χ2v) is 5.78. The summed E-state index contributed by atoms with van der Waals surface area (Å²) >= 11 is 0. The fraction of sp³-hybridized carbons (Fsp3) is 0.444. The molecule has 1 aliphatic rings. The van der Waals surface area contributed by atoms with Crippen LogP contribution in [0.5, 0.6) is 0 Å². The summed E-state index contributed by atoms with van der Waals surface area (Å²) in [5.74, 6) is -1.12. The van der Waals surface area contributed by atoms with Gasteiger partial charge in [0, 0.05) is 5.92 Å². The Morgan fingerprint density at radius 2 is 1.86 bits per heavy atom. The van der Waals surface area contributed by atoms with Crippen molar-refractivity contribution in [2.24, 2.45) is 5.92 Å². The molecule has 1 atom stereocenters. The van der Waals surface area contributed by atoms with Gasteiger partial charge in [0.1, 0.15) is 6.04 Å². The zero-order valence-corrected chi connectivity index (χ0v) is 12.7. The standard InChI is InChI=1S/C18H23NO3/c20-17(15-11-5-2-6-12-15)19-16(18(21)22)13-7-10-14-8-3-1-4-9-14/h1,3-4,7-10,15-16H,2,5-6,11-13H2,(H,19,20)(H,21,22)/b10-7+/t16-/m0/s1. The van der Waals surface area contributed by atoms with E-state index in [4.69, 9.17) is 0 Å². The van der Waals surface area contributed by atoms with Crippen molar-refractivity contribution < 1.29 is 14.7 Å². The Hall–Kier alpha value is -2.10.